The number of hydrogen-bond donors (Lipinski definition) is 2. The van der Waals surface area contributed by atoms with E-state index in [9.17, 15) is 9.59 Å². The van der Waals surface area contributed by atoms with Crippen molar-refractivity contribution in [2.45, 2.75) is 25.9 Å². The van der Waals surface area contributed by atoms with Crippen molar-refractivity contribution in [2.24, 2.45) is 0 Å². The Morgan fingerprint density at radius 1 is 1.57 bits per heavy atom. The number of urea groups is 1. The molecule has 1 fully saturated rings. The molecule has 2 amide bonds. The van der Waals surface area contributed by atoms with Gasteiger partial charge in [-0.25, -0.2) is 9.78 Å². The maximum Gasteiger partial charge on any atom is 0.320 e. The molecule has 2 heterocycles. The van der Waals surface area contributed by atoms with Gasteiger partial charge in [0, 0.05) is 25.1 Å². The molecule has 116 valence electrons. The fourth-order valence-corrected chi connectivity index (χ4v) is 3.30. The normalized spacial score (nSPS) is 18.6. The van der Waals surface area contributed by atoms with Crippen LogP contribution in [-0.2, 0) is 11.3 Å². The van der Waals surface area contributed by atoms with Crippen LogP contribution in [0.3, 0.4) is 0 Å². The summed E-state index contributed by atoms with van der Waals surface area (Å²) in [5.41, 5.74) is 0. The van der Waals surface area contributed by atoms with E-state index < -0.39 is 5.97 Å². The zero-order valence-electron chi connectivity index (χ0n) is 12.1. The van der Waals surface area contributed by atoms with Crippen molar-refractivity contribution < 1.29 is 14.7 Å². The number of aromatic nitrogens is 3. The molecule has 1 aromatic rings. The van der Waals surface area contributed by atoms with Gasteiger partial charge < -0.3 is 14.9 Å². The van der Waals surface area contributed by atoms with Crippen LogP contribution in [-0.4, -0.2) is 73.2 Å². The molecule has 1 aromatic heterocycles. The molecule has 1 unspecified atom stereocenters. The number of carboxylic acids is 1. The Hall–Kier alpha value is -1.77. The van der Waals surface area contributed by atoms with Gasteiger partial charge in [-0.1, -0.05) is 0 Å². The van der Waals surface area contributed by atoms with Gasteiger partial charge in [-0.15, -0.1) is 0 Å². The molecule has 8 nitrogen and oxygen atoms in total. The molecular weight excluding hydrogens is 294 g/mol. The molecule has 1 aliphatic heterocycles. The molecule has 21 heavy (non-hydrogen) atoms. The van der Waals surface area contributed by atoms with E-state index in [1.165, 1.54) is 4.90 Å². The molecular formula is C12H19N5O3S. The van der Waals surface area contributed by atoms with Gasteiger partial charge in [-0.2, -0.15) is 16.9 Å². The fourth-order valence-electron chi connectivity index (χ4n) is 2.24. The van der Waals surface area contributed by atoms with E-state index in [4.69, 9.17) is 5.11 Å². The van der Waals surface area contributed by atoms with Gasteiger partial charge in [0.1, 0.15) is 5.82 Å². The van der Waals surface area contributed by atoms with Crippen LogP contribution in [0.25, 0.3) is 0 Å². The molecule has 0 aromatic carbocycles. The molecule has 1 atom stereocenters. The van der Waals surface area contributed by atoms with Crippen molar-refractivity contribution in [3.8, 4) is 0 Å². The largest absolute Gasteiger partial charge is 0.481 e. The highest BCUT2D eigenvalue weighted by molar-refractivity contribution is 7.99. The topological polar surface area (TPSA) is 102 Å². The first-order valence-electron chi connectivity index (χ1n) is 6.66. The molecule has 1 aliphatic rings. The Morgan fingerprint density at radius 3 is 2.95 bits per heavy atom. The van der Waals surface area contributed by atoms with Crippen molar-refractivity contribution in [3.63, 3.8) is 0 Å². The fraction of sp³-hybridized carbons (Fsp3) is 0.667. The van der Waals surface area contributed by atoms with Crippen LogP contribution >= 0.6 is 11.8 Å². The van der Waals surface area contributed by atoms with Gasteiger partial charge in [0.05, 0.1) is 19.0 Å². The summed E-state index contributed by atoms with van der Waals surface area (Å²) in [6, 6.07) is -0.436. The monoisotopic (exact) mass is 313 g/mol. The van der Waals surface area contributed by atoms with Crippen LogP contribution in [0.1, 0.15) is 18.1 Å². The van der Waals surface area contributed by atoms with Gasteiger partial charge >= 0.3 is 12.0 Å². The maximum atomic E-state index is 12.5. The molecule has 0 spiro atoms. The van der Waals surface area contributed by atoms with Crippen LogP contribution in [0.5, 0.6) is 0 Å². The molecule has 9 heteroatoms. The number of aryl methyl sites for hydroxylation is 1. The van der Waals surface area contributed by atoms with E-state index in [0.29, 0.717) is 30.5 Å². The van der Waals surface area contributed by atoms with E-state index in [-0.39, 0.29) is 18.5 Å². The molecule has 0 aliphatic carbocycles. The molecule has 0 saturated carbocycles. The van der Waals surface area contributed by atoms with Gasteiger partial charge in [0.2, 0.25) is 0 Å². The van der Waals surface area contributed by atoms with Crippen LogP contribution in [0.2, 0.25) is 0 Å². The minimum Gasteiger partial charge on any atom is -0.481 e. The van der Waals surface area contributed by atoms with Crippen molar-refractivity contribution in [2.75, 3.05) is 25.1 Å². The third-order valence-corrected chi connectivity index (χ3v) is 4.32. The molecule has 1 saturated heterocycles. The average Bonchev–Trinajstić information content (AvgIpc) is 2.83. The van der Waals surface area contributed by atoms with Crippen LogP contribution in [0, 0.1) is 6.92 Å². The highest BCUT2D eigenvalue weighted by Crippen LogP contribution is 2.20. The van der Waals surface area contributed by atoms with E-state index in [1.807, 2.05) is 0 Å². The maximum absolute atomic E-state index is 12.5. The number of rotatable bonds is 4. The number of carbonyl (C=O) groups is 2. The summed E-state index contributed by atoms with van der Waals surface area (Å²) in [6.07, 6.45) is -0.0215. The van der Waals surface area contributed by atoms with Gasteiger partial charge in [0.25, 0.3) is 0 Å². The van der Waals surface area contributed by atoms with E-state index in [0.717, 1.165) is 5.75 Å². The van der Waals surface area contributed by atoms with Crippen molar-refractivity contribution in [3.05, 3.63) is 11.6 Å². The first kappa shape index (κ1) is 15.6. The highest BCUT2D eigenvalue weighted by Gasteiger charge is 2.30. The lowest BCUT2D eigenvalue weighted by molar-refractivity contribution is -0.138. The lowest BCUT2D eigenvalue weighted by Gasteiger charge is -2.36. The SMILES string of the molecule is Cc1nc(CN(C)C(=O)N2CCSCC2CC(=O)O)n[nH]1. The third-order valence-electron chi connectivity index (χ3n) is 3.23. The summed E-state index contributed by atoms with van der Waals surface area (Å²) < 4.78 is 0. The van der Waals surface area contributed by atoms with Crippen molar-refractivity contribution >= 4 is 23.8 Å². The van der Waals surface area contributed by atoms with Gasteiger partial charge in [-0.3, -0.25) is 9.89 Å². The standard InChI is InChI=1S/C12H19N5O3S/c1-8-13-10(15-14-8)6-16(2)12(20)17-3-4-21-7-9(17)5-11(18)19/h9H,3-7H2,1-2H3,(H,18,19)(H,13,14,15). The van der Waals surface area contributed by atoms with Crippen LogP contribution < -0.4 is 0 Å². The number of carboxylic acid groups (broad SMARTS) is 1. The zero-order chi connectivity index (χ0) is 15.4. The Bertz CT molecular complexity index is 521. The number of hydrogen-bond acceptors (Lipinski definition) is 5. The number of H-pyrrole nitrogens is 1. The minimum atomic E-state index is -0.882. The quantitative estimate of drug-likeness (QED) is 0.842. The molecule has 0 bridgehead atoms. The second-order valence-corrected chi connectivity index (χ2v) is 6.15. The summed E-state index contributed by atoms with van der Waals surface area (Å²) in [4.78, 5) is 30.7. The first-order valence-corrected chi connectivity index (χ1v) is 7.82. The zero-order valence-corrected chi connectivity index (χ0v) is 12.9. The second kappa shape index (κ2) is 6.79. The van der Waals surface area contributed by atoms with E-state index >= 15 is 0 Å². The number of carbonyl (C=O) groups excluding carboxylic acids is 1. The number of aromatic amines is 1. The van der Waals surface area contributed by atoms with Crippen molar-refractivity contribution in [1.82, 2.24) is 25.0 Å². The number of aliphatic carboxylic acids is 1. The Labute approximate surface area is 126 Å². The highest BCUT2D eigenvalue weighted by atomic mass is 32.2. The van der Waals surface area contributed by atoms with Gasteiger partial charge in [-0.05, 0) is 6.92 Å². The molecule has 2 rings (SSSR count). The first-order chi connectivity index (χ1) is 9.97. The summed E-state index contributed by atoms with van der Waals surface area (Å²) in [5, 5.41) is 15.7. The Morgan fingerprint density at radius 2 is 2.33 bits per heavy atom. The number of nitrogens with one attached hydrogen (secondary N) is 1. The van der Waals surface area contributed by atoms with E-state index in [1.54, 1.807) is 30.6 Å². The summed E-state index contributed by atoms with van der Waals surface area (Å²) in [7, 11) is 1.67. The van der Waals surface area contributed by atoms with Crippen LogP contribution in [0.15, 0.2) is 0 Å². The number of thioether (sulfide) groups is 1. The number of amides is 2. The molecule has 2 N–H and O–H groups in total. The number of nitrogens with zero attached hydrogens (tertiary/aromatic N) is 4. The lowest BCUT2D eigenvalue weighted by atomic mass is 10.2. The smallest absolute Gasteiger partial charge is 0.320 e. The Kier molecular flexibility index (Phi) is 5.05. The predicted molar refractivity (Wildman–Crippen MR) is 78.1 cm³/mol. The Balaban J connectivity index is 2.00. The summed E-state index contributed by atoms with van der Waals surface area (Å²) >= 11 is 1.68. The van der Waals surface area contributed by atoms with Crippen molar-refractivity contribution in [1.29, 1.82) is 0 Å². The summed E-state index contributed by atoms with van der Waals surface area (Å²) in [6.45, 7) is 2.66. The lowest BCUT2D eigenvalue weighted by Crippen LogP contribution is -2.51. The van der Waals surface area contributed by atoms with E-state index in [2.05, 4.69) is 15.2 Å². The minimum absolute atomic E-state index is 0.0215. The second-order valence-electron chi connectivity index (χ2n) is 5.00. The summed E-state index contributed by atoms with van der Waals surface area (Å²) in [5.74, 6) is 1.85. The molecule has 0 radical (unpaired) electrons. The van der Waals surface area contributed by atoms with Crippen LogP contribution in [0.4, 0.5) is 4.79 Å². The van der Waals surface area contributed by atoms with Gasteiger partial charge in [0.15, 0.2) is 5.82 Å². The predicted octanol–water partition coefficient (Wildman–Crippen LogP) is 0.557. The third kappa shape index (κ3) is 4.10. The average molecular weight is 313 g/mol.